The smallest absolute Gasteiger partial charge is 0.307 e. The molecule has 0 fully saturated rings. The second kappa shape index (κ2) is 11.3. The van der Waals surface area contributed by atoms with Gasteiger partial charge >= 0.3 is 5.97 Å². The SMILES string of the molecule is CN=C(NCCC(=O)OC(C)C)NCCN(C(C)C)C(C)C. The van der Waals surface area contributed by atoms with Gasteiger partial charge in [-0.1, -0.05) is 0 Å². The summed E-state index contributed by atoms with van der Waals surface area (Å²) >= 11 is 0. The molecule has 0 unspecified atom stereocenters. The van der Waals surface area contributed by atoms with Crippen molar-refractivity contribution in [1.29, 1.82) is 0 Å². The fourth-order valence-electron chi connectivity index (χ4n) is 2.24. The van der Waals surface area contributed by atoms with Crippen LogP contribution < -0.4 is 10.6 Å². The summed E-state index contributed by atoms with van der Waals surface area (Å²) in [6.45, 7) is 14.8. The highest BCUT2D eigenvalue weighted by Crippen LogP contribution is 2.03. The summed E-state index contributed by atoms with van der Waals surface area (Å²) in [5.74, 6) is 0.522. The molecule has 22 heavy (non-hydrogen) atoms. The molecule has 0 aliphatic rings. The molecular weight excluding hydrogens is 280 g/mol. The molecule has 0 aliphatic carbocycles. The number of guanidine groups is 1. The number of ether oxygens (including phenoxy) is 1. The Hall–Kier alpha value is -1.30. The van der Waals surface area contributed by atoms with Crippen molar-refractivity contribution in [2.45, 2.75) is 66.2 Å². The Kier molecular flexibility index (Phi) is 10.6. The van der Waals surface area contributed by atoms with E-state index in [1.54, 1.807) is 7.05 Å². The van der Waals surface area contributed by atoms with E-state index in [4.69, 9.17) is 4.74 Å². The Morgan fingerprint density at radius 2 is 1.59 bits per heavy atom. The first-order chi connectivity index (χ1) is 10.3. The summed E-state index contributed by atoms with van der Waals surface area (Å²) < 4.78 is 5.09. The molecule has 0 radical (unpaired) electrons. The summed E-state index contributed by atoms with van der Waals surface area (Å²) in [5, 5.41) is 6.39. The van der Waals surface area contributed by atoms with Crippen molar-refractivity contribution >= 4 is 11.9 Å². The second-order valence-corrected chi connectivity index (χ2v) is 6.14. The van der Waals surface area contributed by atoms with Gasteiger partial charge in [-0.3, -0.25) is 14.7 Å². The van der Waals surface area contributed by atoms with E-state index in [0.717, 1.165) is 13.1 Å². The van der Waals surface area contributed by atoms with Crippen LogP contribution in [-0.4, -0.2) is 61.7 Å². The van der Waals surface area contributed by atoms with Crippen LogP contribution >= 0.6 is 0 Å². The maximum absolute atomic E-state index is 11.4. The van der Waals surface area contributed by atoms with E-state index in [9.17, 15) is 4.79 Å². The predicted molar refractivity (Wildman–Crippen MR) is 92.2 cm³/mol. The number of esters is 1. The lowest BCUT2D eigenvalue weighted by atomic mass is 10.2. The van der Waals surface area contributed by atoms with Crippen LogP contribution in [-0.2, 0) is 9.53 Å². The van der Waals surface area contributed by atoms with Crippen LogP contribution in [0.5, 0.6) is 0 Å². The van der Waals surface area contributed by atoms with E-state index in [2.05, 4.69) is 48.2 Å². The lowest BCUT2D eigenvalue weighted by molar-refractivity contribution is -0.147. The summed E-state index contributed by atoms with van der Waals surface area (Å²) in [6.07, 6.45) is 0.270. The minimum atomic E-state index is -0.191. The normalized spacial score (nSPS) is 12.4. The lowest BCUT2D eigenvalue weighted by Crippen LogP contribution is -2.45. The summed E-state index contributed by atoms with van der Waals surface area (Å²) in [5.41, 5.74) is 0. The Morgan fingerprint density at radius 3 is 2.05 bits per heavy atom. The predicted octanol–water partition coefficient (Wildman–Crippen LogP) is 1.61. The molecule has 0 saturated heterocycles. The zero-order chi connectivity index (χ0) is 17.1. The quantitative estimate of drug-likeness (QED) is 0.384. The first-order valence-electron chi connectivity index (χ1n) is 8.17. The largest absolute Gasteiger partial charge is 0.463 e. The number of carbonyl (C=O) groups excluding carboxylic acids is 1. The van der Waals surface area contributed by atoms with Crippen LogP contribution in [0, 0.1) is 0 Å². The molecule has 0 aromatic rings. The number of rotatable bonds is 9. The molecule has 0 atom stereocenters. The van der Waals surface area contributed by atoms with Gasteiger partial charge in [0, 0.05) is 38.8 Å². The Morgan fingerprint density at radius 1 is 1.05 bits per heavy atom. The van der Waals surface area contributed by atoms with Gasteiger partial charge in [0.05, 0.1) is 12.5 Å². The van der Waals surface area contributed by atoms with Crippen molar-refractivity contribution in [3.8, 4) is 0 Å². The van der Waals surface area contributed by atoms with Gasteiger partial charge in [0.2, 0.25) is 0 Å². The van der Waals surface area contributed by atoms with E-state index in [1.165, 1.54) is 0 Å². The molecule has 0 aromatic heterocycles. The molecule has 2 N–H and O–H groups in total. The van der Waals surface area contributed by atoms with Crippen LogP contribution in [0.25, 0.3) is 0 Å². The number of nitrogens with one attached hydrogen (secondary N) is 2. The maximum atomic E-state index is 11.4. The lowest BCUT2D eigenvalue weighted by Gasteiger charge is -2.30. The third kappa shape index (κ3) is 9.60. The first kappa shape index (κ1) is 20.7. The van der Waals surface area contributed by atoms with Gasteiger partial charge in [-0.15, -0.1) is 0 Å². The zero-order valence-corrected chi connectivity index (χ0v) is 15.3. The van der Waals surface area contributed by atoms with E-state index < -0.39 is 0 Å². The number of aliphatic imine (C=N–C) groups is 1. The van der Waals surface area contributed by atoms with Gasteiger partial charge in [0.1, 0.15) is 0 Å². The molecular formula is C16H34N4O2. The molecule has 0 amide bonds. The van der Waals surface area contributed by atoms with Crippen molar-refractivity contribution in [2.75, 3.05) is 26.7 Å². The molecule has 0 heterocycles. The number of nitrogens with zero attached hydrogens (tertiary/aromatic N) is 2. The van der Waals surface area contributed by atoms with Crippen LogP contribution in [0.2, 0.25) is 0 Å². The van der Waals surface area contributed by atoms with Gasteiger partial charge in [0.15, 0.2) is 5.96 Å². The molecule has 6 heteroatoms. The highest BCUT2D eigenvalue weighted by molar-refractivity contribution is 5.80. The van der Waals surface area contributed by atoms with Crippen molar-refractivity contribution < 1.29 is 9.53 Å². The summed E-state index contributed by atoms with van der Waals surface area (Å²) in [7, 11) is 1.73. The minimum Gasteiger partial charge on any atom is -0.463 e. The molecule has 0 spiro atoms. The Balaban J connectivity index is 4.01. The van der Waals surface area contributed by atoms with Crippen molar-refractivity contribution in [3.63, 3.8) is 0 Å². The average molecular weight is 314 g/mol. The first-order valence-corrected chi connectivity index (χ1v) is 8.17. The second-order valence-electron chi connectivity index (χ2n) is 6.14. The molecule has 0 bridgehead atoms. The van der Waals surface area contributed by atoms with Crippen molar-refractivity contribution in [2.24, 2.45) is 4.99 Å². The molecule has 130 valence electrons. The average Bonchev–Trinajstić information content (AvgIpc) is 2.39. The molecule has 0 aromatic carbocycles. The zero-order valence-electron chi connectivity index (χ0n) is 15.3. The van der Waals surface area contributed by atoms with Crippen molar-refractivity contribution in [3.05, 3.63) is 0 Å². The van der Waals surface area contributed by atoms with E-state index >= 15 is 0 Å². The molecule has 0 rings (SSSR count). The molecule has 0 saturated carbocycles. The Bertz CT molecular complexity index is 333. The van der Waals surface area contributed by atoms with E-state index in [0.29, 0.717) is 31.0 Å². The molecule has 6 nitrogen and oxygen atoms in total. The minimum absolute atomic E-state index is 0.0667. The van der Waals surface area contributed by atoms with Gasteiger partial charge in [-0.25, -0.2) is 0 Å². The van der Waals surface area contributed by atoms with Gasteiger partial charge in [-0.05, 0) is 41.5 Å². The van der Waals surface area contributed by atoms with Crippen LogP contribution in [0.15, 0.2) is 4.99 Å². The van der Waals surface area contributed by atoms with Gasteiger partial charge < -0.3 is 15.4 Å². The van der Waals surface area contributed by atoms with Gasteiger partial charge in [0.25, 0.3) is 0 Å². The summed E-state index contributed by atoms with van der Waals surface area (Å²) in [6, 6.07) is 1.03. The van der Waals surface area contributed by atoms with Crippen LogP contribution in [0.3, 0.4) is 0 Å². The number of hydrogen-bond acceptors (Lipinski definition) is 4. The van der Waals surface area contributed by atoms with Gasteiger partial charge in [-0.2, -0.15) is 0 Å². The van der Waals surface area contributed by atoms with E-state index in [1.807, 2.05) is 13.8 Å². The van der Waals surface area contributed by atoms with Crippen LogP contribution in [0.4, 0.5) is 0 Å². The summed E-state index contributed by atoms with van der Waals surface area (Å²) in [4.78, 5) is 18.0. The highest BCUT2D eigenvalue weighted by atomic mass is 16.5. The maximum Gasteiger partial charge on any atom is 0.307 e. The fraction of sp³-hybridized carbons (Fsp3) is 0.875. The fourth-order valence-corrected chi connectivity index (χ4v) is 2.24. The molecule has 0 aliphatic heterocycles. The Labute approximate surface area is 135 Å². The number of carbonyl (C=O) groups is 1. The third-order valence-electron chi connectivity index (χ3n) is 3.20. The van der Waals surface area contributed by atoms with Crippen LogP contribution in [0.1, 0.15) is 48.0 Å². The monoisotopic (exact) mass is 314 g/mol. The van der Waals surface area contributed by atoms with Crippen molar-refractivity contribution in [1.82, 2.24) is 15.5 Å². The number of hydrogen-bond donors (Lipinski definition) is 2. The highest BCUT2D eigenvalue weighted by Gasteiger charge is 2.12. The topological polar surface area (TPSA) is 66.0 Å². The van der Waals surface area contributed by atoms with E-state index in [-0.39, 0.29) is 12.1 Å². The standard InChI is InChI=1S/C16H34N4O2/c1-12(2)20(13(3)4)11-10-19-16(17-7)18-9-8-15(21)22-14(5)6/h12-14H,8-11H2,1-7H3,(H2,17,18,19). The third-order valence-corrected chi connectivity index (χ3v) is 3.20.